The number of rotatable bonds is 2. The smallest absolute Gasteiger partial charge is 0.0315 e. The molecule has 1 aromatic rings. The minimum Gasteiger partial charge on any atom is -0.315 e. The molecule has 3 heteroatoms. The minimum absolute atomic E-state index is 1.04. The highest BCUT2D eigenvalue weighted by Crippen LogP contribution is 2.09. The molecule has 0 spiro atoms. The van der Waals surface area contributed by atoms with Crippen molar-refractivity contribution >= 4 is 0 Å². The maximum atomic E-state index is 4.19. The third kappa shape index (κ3) is 3.01. The van der Waals surface area contributed by atoms with Gasteiger partial charge in [-0.3, -0.25) is 9.88 Å². The first kappa shape index (κ1) is 10.6. The van der Waals surface area contributed by atoms with Crippen molar-refractivity contribution in [2.45, 2.75) is 19.9 Å². The quantitative estimate of drug-likeness (QED) is 0.786. The van der Waals surface area contributed by atoms with Gasteiger partial charge in [0.15, 0.2) is 0 Å². The molecule has 3 nitrogen and oxygen atoms in total. The zero-order valence-electron chi connectivity index (χ0n) is 9.37. The molecule has 2 rings (SSSR count). The summed E-state index contributed by atoms with van der Waals surface area (Å²) < 4.78 is 0. The van der Waals surface area contributed by atoms with Gasteiger partial charge in [-0.05, 0) is 43.6 Å². The molecule has 0 aromatic carbocycles. The highest BCUT2D eigenvalue weighted by Gasteiger charge is 2.09. The zero-order valence-corrected chi connectivity index (χ0v) is 9.37. The predicted molar refractivity (Wildman–Crippen MR) is 61.7 cm³/mol. The van der Waals surface area contributed by atoms with Crippen molar-refractivity contribution in [1.82, 2.24) is 15.2 Å². The van der Waals surface area contributed by atoms with Crippen LogP contribution in [-0.4, -0.2) is 36.1 Å². The normalized spacial score (nSPS) is 18.7. The summed E-state index contributed by atoms with van der Waals surface area (Å²) in [7, 11) is 0. The maximum Gasteiger partial charge on any atom is 0.0315 e. The SMILES string of the molecule is Cc1ccncc1CN1CCCNCC1. The number of aromatic nitrogens is 1. The summed E-state index contributed by atoms with van der Waals surface area (Å²) in [6.07, 6.45) is 5.11. The fourth-order valence-electron chi connectivity index (χ4n) is 1.96. The number of nitrogens with zero attached hydrogens (tertiary/aromatic N) is 2. The van der Waals surface area contributed by atoms with Crippen molar-refractivity contribution in [3.63, 3.8) is 0 Å². The van der Waals surface area contributed by atoms with Crippen LogP contribution in [0.5, 0.6) is 0 Å². The molecule has 1 fully saturated rings. The van der Waals surface area contributed by atoms with Crippen molar-refractivity contribution in [2.24, 2.45) is 0 Å². The molecule has 0 bridgehead atoms. The Bertz CT molecular complexity index is 303. The molecule has 0 unspecified atom stereocenters. The summed E-state index contributed by atoms with van der Waals surface area (Å²) in [5, 5.41) is 3.42. The fraction of sp³-hybridized carbons (Fsp3) is 0.583. The largest absolute Gasteiger partial charge is 0.315 e. The Morgan fingerprint density at radius 2 is 2.33 bits per heavy atom. The lowest BCUT2D eigenvalue weighted by molar-refractivity contribution is 0.283. The molecule has 1 N–H and O–H groups in total. The van der Waals surface area contributed by atoms with E-state index in [1.165, 1.54) is 24.1 Å². The molecule has 1 aliphatic heterocycles. The molecule has 15 heavy (non-hydrogen) atoms. The molecule has 2 heterocycles. The van der Waals surface area contributed by atoms with Gasteiger partial charge in [0, 0.05) is 32.0 Å². The highest BCUT2D eigenvalue weighted by molar-refractivity contribution is 5.21. The Morgan fingerprint density at radius 3 is 3.20 bits per heavy atom. The summed E-state index contributed by atoms with van der Waals surface area (Å²) in [6, 6.07) is 2.09. The van der Waals surface area contributed by atoms with Gasteiger partial charge in [0.2, 0.25) is 0 Å². The minimum atomic E-state index is 1.04. The van der Waals surface area contributed by atoms with Gasteiger partial charge in [-0.1, -0.05) is 0 Å². The number of hydrogen-bond donors (Lipinski definition) is 1. The Kier molecular flexibility index (Phi) is 3.69. The second kappa shape index (κ2) is 5.24. The van der Waals surface area contributed by atoms with E-state index in [-0.39, 0.29) is 0 Å². The van der Waals surface area contributed by atoms with Crippen LogP contribution in [0.25, 0.3) is 0 Å². The van der Waals surface area contributed by atoms with Crippen molar-refractivity contribution in [2.75, 3.05) is 26.2 Å². The van der Waals surface area contributed by atoms with Crippen molar-refractivity contribution in [3.8, 4) is 0 Å². The van der Waals surface area contributed by atoms with Crippen LogP contribution in [0.15, 0.2) is 18.5 Å². The van der Waals surface area contributed by atoms with Gasteiger partial charge in [-0.2, -0.15) is 0 Å². The van der Waals surface area contributed by atoms with Crippen LogP contribution >= 0.6 is 0 Å². The number of aryl methyl sites for hydroxylation is 1. The third-order valence-electron chi connectivity index (χ3n) is 2.97. The molecule has 0 amide bonds. The molecule has 1 aromatic heterocycles. The fourth-order valence-corrected chi connectivity index (χ4v) is 1.96. The van der Waals surface area contributed by atoms with E-state index in [9.17, 15) is 0 Å². The van der Waals surface area contributed by atoms with E-state index in [1.807, 2.05) is 12.4 Å². The van der Waals surface area contributed by atoms with E-state index in [0.29, 0.717) is 0 Å². The summed E-state index contributed by atoms with van der Waals surface area (Å²) in [5.74, 6) is 0. The lowest BCUT2D eigenvalue weighted by atomic mass is 10.1. The van der Waals surface area contributed by atoms with Crippen LogP contribution in [0.4, 0.5) is 0 Å². The van der Waals surface area contributed by atoms with Gasteiger partial charge < -0.3 is 5.32 Å². The van der Waals surface area contributed by atoms with Gasteiger partial charge >= 0.3 is 0 Å². The molecule has 1 aliphatic rings. The standard InChI is InChI=1S/C12H19N3/c1-11-3-5-14-9-12(11)10-15-7-2-4-13-6-8-15/h3,5,9,13H,2,4,6-8,10H2,1H3. The van der Waals surface area contributed by atoms with Crippen LogP contribution in [0.3, 0.4) is 0 Å². The topological polar surface area (TPSA) is 28.2 Å². The van der Waals surface area contributed by atoms with Crippen LogP contribution in [0, 0.1) is 6.92 Å². The summed E-state index contributed by atoms with van der Waals surface area (Å²) in [5.41, 5.74) is 2.71. The van der Waals surface area contributed by atoms with Crippen LogP contribution in [-0.2, 0) is 6.54 Å². The Morgan fingerprint density at radius 1 is 1.40 bits per heavy atom. The van der Waals surface area contributed by atoms with E-state index in [1.54, 1.807) is 0 Å². The molecule has 0 aliphatic carbocycles. The lowest BCUT2D eigenvalue weighted by Gasteiger charge is -2.20. The van der Waals surface area contributed by atoms with Crippen LogP contribution < -0.4 is 5.32 Å². The van der Waals surface area contributed by atoms with E-state index in [2.05, 4.69) is 28.2 Å². The highest BCUT2D eigenvalue weighted by atomic mass is 15.1. The average Bonchev–Trinajstić information content (AvgIpc) is 2.50. The number of nitrogens with one attached hydrogen (secondary N) is 1. The molecule has 82 valence electrons. The molecular formula is C12H19N3. The van der Waals surface area contributed by atoms with Gasteiger partial charge in [0.1, 0.15) is 0 Å². The summed E-state index contributed by atoms with van der Waals surface area (Å²) in [4.78, 5) is 6.70. The van der Waals surface area contributed by atoms with E-state index >= 15 is 0 Å². The van der Waals surface area contributed by atoms with Gasteiger partial charge in [-0.25, -0.2) is 0 Å². The van der Waals surface area contributed by atoms with Crippen molar-refractivity contribution < 1.29 is 0 Å². The second-order valence-electron chi connectivity index (χ2n) is 4.18. The van der Waals surface area contributed by atoms with E-state index in [0.717, 1.165) is 26.2 Å². The average molecular weight is 205 g/mol. The predicted octanol–water partition coefficient (Wildman–Crippen LogP) is 1.19. The summed E-state index contributed by atoms with van der Waals surface area (Å²) in [6.45, 7) is 7.81. The Balaban J connectivity index is 1.98. The molecule has 0 atom stereocenters. The van der Waals surface area contributed by atoms with E-state index in [4.69, 9.17) is 0 Å². The Labute approximate surface area is 91.5 Å². The van der Waals surface area contributed by atoms with Gasteiger partial charge in [-0.15, -0.1) is 0 Å². The first-order chi connectivity index (χ1) is 7.36. The number of hydrogen-bond acceptors (Lipinski definition) is 3. The zero-order chi connectivity index (χ0) is 10.5. The lowest BCUT2D eigenvalue weighted by Crippen LogP contribution is -2.27. The van der Waals surface area contributed by atoms with E-state index < -0.39 is 0 Å². The third-order valence-corrected chi connectivity index (χ3v) is 2.97. The molecule has 0 saturated carbocycles. The summed E-state index contributed by atoms with van der Waals surface area (Å²) >= 11 is 0. The Hall–Kier alpha value is -0.930. The maximum absolute atomic E-state index is 4.19. The molecule has 1 saturated heterocycles. The number of pyridine rings is 1. The first-order valence-electron chi connectivity index (χ1n) is 5.69. The van der Waals surface area contributed by atoms with Gasteiger partial charge in [0.25, 0.3) is 0 Å². The molecule has 0 radical (unpaired) electrons. The van der Waals surface area contributed by atoms with Crippen LogP contribution in [0.1, 0.15) is 17.5 Å². The second-order valence-corrected chi connectivity index (χ2v) is 4.18. The monoisotopic (exact) mass is 205 g/mol. The van der Waals surface area contributed by atoms with Gasteiger partial charge in [0.05, 0.1) is 0 Å². The van der Waals surface area contributed by atoms with Crippen LogP contribution in [0.2, 0.25) is 0 Å². The molecular weight excluding hydrogens is 186 g/mol. The first-order valence-corrected chi connectivity index (χ1v) is 5.69. The van der Waals surface area contributed by atoms with Crippen molar-refractivity contribution in [3.05, 3.63) is 29.6 Å². The van der Waals surface area contributed by atoms with Crippen molar-refractivity contribution in [1.29, 1.82) is 0 Å².